The quantitative estimate of drug-likeness (QED) is 0.414. The maximum Gasteiger partial charge on any atom is 0.416 e. The first kappa shape index (κ1) is 26.8. The molecule has 0 bridgehead atoms. The number of carbonyl (C=O) groups is 1. The number of halogens is 4. The summed E-state index contributed by atoms with van der Waals surface area (Å²) in [6.07, 6.45) is -3.76. The minimum absolute atomic E-state index is 0.0296. The number of methoxy groups -OCH3 is 2. The zero-order chi connectivity index (χ0) is 26.7. The van der Waals surface area contributed by atoms with E-state index >= 15 is 0 Å². The Bertz CT molecular complexity index is 1380. The van der Waals surface area contributed by atoms with Crippen LogP contribution in [0.5, 0.6) is 11.5 Å². The van der Waals surface area contributed by atoms with Gasteiger partial charge in [0.2, 0.25) is 10.0 Å². The summed E-state index contributed by atoms with van der Waals surface area (Å²) in [5, 5.41) is 2.35. The highest BCUT2D eigenvalue weighted by Gasteiger charge is 2.31. The molecule has 192 valence electrons. The zero-order valence-electron chi connectivity index (χ0n) is 19.4. The zero-order valence-corrected chi connectivity index (χ0v) is 20.2. The Hall–Kier alpha value is -3.80. The summed E-state index contributed by atoms with van der Waals surface area (Å²) in [5.74, 6) is -1.45. The van der Waals surface area contributed by atoms with Gasteiger partial charge in [-0.25, -0.2) is 12.8 Å². The van der Waals surface area contributed by atoms with E-state index in [9.17, 15) is 30.8 Å². The Morgan fingerprint density at radius 1 is 0.972 bits per heavy atom. The second kappa shape index (κ2) is 10.4. The van der Waals surface area contributed by atoms with Crippen LogP contribution in [0.3, 0.4) is 0 Å². The average molecular weight is 527 g/mol. The second-order valence-electron chi connectivity index (χ2n) is 7.62. The summed E-state index contributed by atoms with van der Waals surface area (Å²) in [6, 6.07) is 11.9. The first-order chi connectivity index (χ1) is 16.8. The molecule has 0 aliphatic carbocycles. The molecule has 0 aliphatic heterocycles. The summed E-state index contributed by atoms with van der Waals surface area (Å²) >= 11 is 0. The van der Waals surface area contributed by atoms with Gasteiger partial charge in [0, 0.05) is 17.3 Å². The number of sulfonamides is 1. The summed E-state index contributed by atoms with van der Waals surface area (Å²) in [7, 11) is -1.50. The molecule has 7 nitrogen and oxygen atoms in total. The van der Waals surface area contributed by atoms with E-state index in [2.05, 4.69) is 5.32 Å². The van der Waals surface area contributed by atoms with Crippen molar-refractivity contribution in [2.45, 2.75) is 12.7 Å². The summed E-state index contributed by atoms with van der Waals surface area (Å²) < 4.78 is 90.5. The Labute approximate surface area is 205 Å². The molecule has 3 aromatic carbocycles. The van der Waals surface area contributed by atoms with Crippen molar-refractivity contribution in [2.24, 2.45) is 0 Å². The normalized spacial score (nSPS) is 11.6. The number of rotatable bonds is 8. The third kappa shape index (κ3) is 6.06. The van der Waals surface area contributed by atoms with Crippen LogP contribution in [0.25, 0.3) is 0 Å². The number of amides is 1. The molecule has 0 saturated heterocycles. The lowest BCUT2D eigenvalue weighted by molar-refractivity contribution is -0.137. The van der Waals surface area contributed by atoms with Gasteiger partial charge in [-0.1, -0.05) is 24.3 Å². The van der Waals surface area contributed by atoms with Gasteiger partial charge in [-0.15, -0.1) is 0 Å². The Morgan fingerprint density at radius 2 is 1.61 bits per heavy atom. The third-order valence-corrected chi connectivity index (χ3v) is 6.26. The Kier molecular flexibility index (Phi) is 7.77. The van der Waals surface area contributed by atoms with Gasteiger partial charge in [0.1, 0.15) is 5.82 Å². The number of anilines is 2. The molecule has 0 aromatic heterocycles. The number of nitrogens with zero attached hydrogens (tertiary/aromatic N) is 1. The molecular weight excluding hydrogens is 504 g/mol. The lowest BCUT2D eigenvalue weighted by atomic mass is 10.1. The number of hydrogen-bond acceptors (Lipinski definition) is 5. The molecule has 0 fully saturated rings. The standard InChI is InChI=1S/C24H22F4N2O5S/c1-34-21-12-18(23(31)29-17-9-6-8-16(11-17)24(26,27)28)20(13-22(21)35-2)30(36(3,32)33)14-15-7-4-5-10-19(15)25/h4-13H,14H2,1-3H3,(H,29,31). The molecule has 3 rings (SSSR count). The van der Waals surface area contributed by atoms with E-state index in [-0.39, 0.29) is 34.0 Å². The highest BCUT2D eigenvalue weighted by molar-refractivity contribution is 7.92. The van der Waals surface area contributed by atoms with Crippen LogP contribution in [0, 0.1) is 5.82 Å². The molecule has 12 heteroatoms. The van der Waals surface area contributed by atoms with E-state index in [4.69, 9.17) is 9.47 Å². The van der Waals surface area contributed by atoms with Crippen molar-refractivity contribution in [1.29, 1.82) is 0 Å². The van der Waals surface area contributed by atoms with Crippen molar-refractivity contribution in [2.75, 3.05) is 30.1 Å². The Balaban J connectivity index is 2.14. The van der Waals surface area contributed by atoms with Crippen LogP contribution in [0.4, 0.5) is 28.9 Å². The maximum atomic E-state index is 14.4. The van der Waals surface area contributed by atoms with Crippen molar-refractivity contribution >= 4 is 27.3 Å². The fourth-order valence-electron chi connectivity index (χ4n) is 3.39. The summed E-state index contributed by atoms with van der Waals surface area (Å²) in [5.41, 5.74) is -1.57. The van der Waals surface area contributed by atoms with Crippen LogP contribution in [-0.2, 0) is 22.7 Å². The lowest BCUT2D eigenvalue weighted by Crippen LogP contribution is -2.32. The van der Waals surface area contributed by atoms with Crippen LogP contribution in [0.2, 0.25) is 0 Å². The smallest absolute Gasteiger partial charge is 0.416 e. The van der Waals surface area contributed by atoms with Crippen molar-refractivity contribution in [3.05, 3.63) is 83.2 Å². The van der Waals surface area contributed by atoms with Crippen LogP contribution < -0.4 is 19.1 Å². The fourth-order valence-corrected chi connectivity index (χ4v) is 4.27. The van der Waals surface area contributed by atoms with Crippen LogP contribution >= 0.6 is 0 Å². The van der Waals surface area contributed by atoms with Crippen LogP contribution in [0.1, 0.15) is 21.5 Å². The van der Waals surface area contributed by atoms with Gasteiger partial charge in [-0.3, -0.25) is 9.10 Å². The minimum atomic E-state index is -4.64. The van der Waals surface area contributed by atoms with E-state index in [0.29, 0.717) is 0 Å². The number of alkyl halides is 3. The van der Waals surface area contributed by atoms with E-state index in [0.717, 1.165) is 34.8 Å². The van der Waals surface area contributed by atoms with E-state index in [1.54, 1.807) is 0 Å². The fraction of sp³-hybridized carbons (Fsp3) is 0.208. The van der Waals surface area contributed by atoms with Gasteiger partial charge in [-0.05, 0) is 30.3 Å². The molecular formula is C24H22F4N2O5S. The first-order valence-electron chi connectivity index (χ1n) is 10.3. The Morgan fingerprint density at radius 3 is 2.19 bits per heavy atom. The molecule has 0 aliphatic rings. The largest absolute Gasteiger partial charge is 0.493 e. The SMILES string of the molecule is COc1cc(C(=O)Nc2cccc(C(F)(F)F)c2)c(N(Cc2ccccc2F)S(C)(=O)=O)cc1OC. The van der Waals surface area contributed by atoms with Gasteiger partial charge in [0.15, 0.2) is 11.5 Å². The minimum Gasteiger partial charge on any atom is -0.493 e. The molecule has 3 aromatic rings. The molecule has 0 saturated carbocycles. The van der Waals surface area contributed by atoms with Crippen LogP contribution in [0.15, 0.2) is 60.7 Å². The lowest BCUT2D eigenvalue weighted by Gasteiger charge is -2.26. The van der Waals surface area contributed by atoms with Crippen molar-refractivity contribution in [1.82, 2.24) is 0 Å². The molecule has 0 spiro atoms. The van der Waals surface area contributed by atoms with E-state index < -0.39 is 40.0 Å². The van der Waals surface area contributed by atoms with Gasteiger partial charge in [0.05, 0.1) is 43.8 Å². The number of ether oxygens (including phenoxy) is 2. The molecule has 0 radical (unpaired) electrons. The number of carbonyl (C=O) groups excluding carboxylic acids is 1. The van der Waals surface area contributed by atoms with Gasteiger partial charge in [-0.2, -0.15) is 13.2 Å². The molecule has 0 unspecified atom stereocenters. The monoisotopic (exact) mass is 526 g/mol. The summed E-state index contributed by atoms with van der Waals surface area (Å²) in [4.78, 5) is 13.2. The third-order valence-electron chi connectivity index (χ3n) is 5.14. The second-order valence-corrected chi connectivity index (χ2v) is 9.52. The molecule has 0 heterocycles. The maximum absolute atomic E-state index is 14.4. The topological polar surface area (TPSA) is 84.9 Å². The summed E-state index contributed by atoms with van der Waals surface area (Å²) in [6.45, 7) is -0.467. The first-order valence-corrected chi connectivity index (χ1v) is 12.2. The van der Waals surface area contributed by atoms with Gasteiger partial charge in [0.25, 0.3) is 5.91 Å². The molecule has 0 atom stereocenters. The molecule has 1 amide bonds. The van der Waals surface area contributed by atoms with Crippen LogP contribution in [-0.4, -0.2) is 34.8 Å². The highest BCUT2D eigenvalue weighted by Crippen LogP contribution is 2.38. The van der Waals surface area contributed by atoms with Crippen molar-refractivity contribution < 1.29 is 40.2 Å². The van der Waals surface area contributed by atoms with Gasteiger partial charge >= 0.3 is 6.18 Å². The predicted octanol–water partition coefficient (Wildman–Crippen LogP) is 5.08. The highest BCUT2D eigenvalue weighted by atomic mass is 32.2. The number of hydrogen-bond donors (Lipinski definition) is 1. The molecule has 1 N–H and O–H groups in total. The predicted molar refractivity (Wildman–Crippen MR) is 126 cm³/mol. The van der Waals surface area contributed by atoms with Crippen molar-refractivity contribution in [3.63, 3.8) is 0 Å². The number of nitrogens with one attached hydrogen (secondary N) is 1. The average Bonchev–Trinajstić information content (AvgIpc) is 2.81. The van der Waals surface area contributed by atoms with E-state index in [1.165, 1.54) is 50.6 Å². The van der Waals surface area contributed by atoms with Crippen molar-refractivity contribution in [3.8, 4) is 11.5 Å². The van der Waals surface area contributed by atoms with E-state index in [1.807, 2.05) is 0 Å². The van der Waals surface area contributed by atoms with Gasteiger partial charge < -0.3 is 14.8 Å². The molecule has 36 heavy (non-hydrogen) atoms. The number of benzene rings is 3.